The molecule has 0 aromatic heterocycles. The second-order valence-corrected chi connectivity index (χ2v) is 8.84. The summed E-state index contributed by atoms with van der Waals surface area (Å²) in [6.45, 7) is 11.0. The number of carbonyl (C=O) groups is 2. The molecule has 3 aliphatic rings. The molecule has 3 fully saturated rings. The molecule has 146 valence electrons. The highest BCUT2D eigenvalue weighted by molar-refractivity contribution is 6.48. The summed E-state index contributed by atoms with van der Waals surface area (Å²) in [5.41, 5.74) is 4.93. The number of hydrogen-bond donors (Lipinski definition) is 1. The molecule has 3 heterocycles. The normalized spacial score (nSPS) is 31.5. The molecule has 0 spiro atoms. The van der Waals surface area contributed by atoms with Crippen LogP contribution in [0.4, 0.5) is 0 Å². The first-order valence-electron chi connectivity index (χ1n) is 9.77. The Balaban J connectivity index is 1.74. The van der Waals surface area contributed by atoms with Gasteiger partial charge in [-0.1, -0.05) is 0 Å². The first-order chi connectivity index (χ1) is 12.0. The van der Waals surface area contributed by atoms with Crippen LogP contribution in [0.2, 0.25) is 0 Å². The van der Waals surface area contributed by atoms with Gasteiger partial charge in [0.05, 0.1) is 23.2 Å². The molecule has 8 heteroatoms. The van der Waals surface area contributed by atoms with Gasteiger partial charge in [-0.25, -0.2) is 0 Å². The van der Waals surface area contributed by atoms with Crippen LogP contribution in [0.1, 0.15) is 60.3 Å². The number of rotatable bonds is 3. The zero-order chi connectivity index (χ0) is 19.3. The first kappa shape index (κ1) is 19.6. The molecule has 3 saturated heterocycles. The predicted octanol–water partition coefficient (Wildman–Crippen LogP) is 0.947. The maximum atomic E-state index is 13.3. The second kappa shape index (κ2) is 6.80. The van der Waals surface area contributed by atoms with Crippen LogP contribution in [0.15, 0.2) is 0 Å². The van der Waals surface area contributed by atoms with Gasteiger partial charge in [0.2, 0.25) is 11.8 Å². The van der Waals surface area contributed by atoms with Gasteiger partial charge in [0.15, 0.2) is 0 Å². The Hall–Kier alpha value is -1.12. The van der Waals surface area contributed by atoms with E-state index in [0.29, 0.717) is 19.5 Å². The van der Waals surface area contributed by atoms with E-state index in [1.165, 1.54) is 0 Å². The van der Waals surface area contributed by atoms with Crippen molar-refractivity contribution in [2.45, 2.75) is 89.5 Å². The Morgan fingerprint density at radius 2 is 1.58 bits per heavy atom. The molecule has 3 aliphatic heterocycles. The molecule has 0 saturated carbocycles. The Labute approximate surface area is 156 Å². The van der Waals surface area contributed by atoms with Crippen LogP contribution in [0.25, 0.3) is 0 Å². The predicted molar refractivity (Wildman–Crippen MR) is 99.2 cm³/mol. The highest BCUT2D eigenvalue weighted by atomic mass is 16.7. The van der Waals surface area contributed by atoms with Crippen molar-refractivity contribution in [1.29, 1.82) is 0 Å². The van der Waals surface area contributed by atoms with E-state index >= 15 is 0 Å². The summed E-state index contributed by atoms with van der Waals surface area (Å²) in [5, 5.41) is 0. The summed E-state index contributed by atoms with van der Waals surface area (Å²) in [5.74, 6) is -0.239. The topological polar surface area (TPSA) is 85.1 Å². The van der Waals surface area contributed by atoms with Gasteiger partial charge in [-0.15, -0.1) is 0 Å². The Morgan fingerprint density at radius 3 is 2.15 bits per heavy atom. The van der Waals surface area contributed by atoms with E-state index in [1.54, 1.807) is 11.8 Å². The molecule has 7 nitrogen and oxygen atoms in total. The number of carbonyl (C=O) groups excluding carboxylic acids is 2. The molecule has 2 amide bonds. The molecule has 0 bridgehead atoms. The summed E-state index contributed by atoms with van der Waals surface area (Å²) in [7, 11) is -0.426. The zero-order valence-electron chi connectivity index (χ0n) is 16.7. The molecule has 0 radical (unpaired) electrons. The maximum absolute atomic E-state index is 13.3. The number of hydrogen-bond acceptors (Lipinski definition) is 5. The molecule has 0 aliphatic carbocycles. The van der Waals surface area contributed by atoms with Crippen molar-refractivity contribution >= 4 is 18.9 Å². The molecular formula is C18H32BN3O4. The van der Waals surface area contributed by atoms with Crippen molar-refractivity contribution in [1.82, 2.24) is 9.80 Å². The van der Waals surface area contributed by atoms with Crippen molar-refractivity contribution < 1.29 is 18.9 Å². The largest absolute Gasteiger partial charge is 0.482 e. The third-order valence-corrected chi connectivity index (χ3v) is 6.38. The average molecular weight is 365 g/mol. The van der Waals surface area contributed by atoms with Gasteiger partial charge in [-0.3, -0.25) is 9.59 Å². The zero-order valence-corrected chi connectivity index (χ0v) is 16.7. The lowest BCUT2D eigenvalue weighted by Crippen LogP contribution is -2.55. The molecule has 2 N–H and O–H groups in total. The minimum atomic E-state index is -0.583. The fourth-order valence-corrected chi connectivity index (χ4v) is 4.13. The lowest BCUT2D eigenvalue weighted by atomic mass is 9.76. The minimum absolute atomic E-state index is 0.00807. The summed E-state index contributed by atoms with van der Waals surface area (Å²) in [6.07, 6.45) is 3.32. The van der Waals surface area contributed by atoms with E-state index < -0.39 is 30.4 Å². The smallest absolute Gasteiger partial charge is 0.402 e. The van der Waals surface area contributed by atoms with Gasteiger partial charge in [-0.2, -0.15) is 0 Å². The van der Waals surface area contributed by atoms with Gasteiger partial charge in [-0.05, 0) is 60.3 Å². The minimum Gasteiger partial charge on any atom is -0.402 e. The van der Waals surface area contributed by atoms with E-state index in [1.807, 2.05) is 32.6 Å². The SMILES string of the molecule is C[C@H](N)C(=O)N1CCC[C@H]1C(=O)N1CCC[C@H]1B1OC(C)(C)C(C)(C)O1. The van der Waals surface area contributed by atoms with Crippen LogP contribution < -0.4 is 5.73 Å². The van der Waals surface area contributed by atoms with Crippen LogP contribution in [-0.4, -0.2) is 71.0 Å². The Kier molecular flexibility index (Phi) is 5.14. The molecule has 3 rings (SSSR count). The molecule has 0 aromatic carbocycles. The number of nitrogens with two attached hydrogens (primary N) is 1. The number of amides is 2. The van der Waals surface area contributed by atoms with Gasteiger partial charge in [0, 0.05) is 13.1 Å². The average Bonchev–Trinajstić information content (AvgIpc) is 3.24. The van der Waals surface area contributed by atoms with E-state index in [4.69, 9.17) is 15.0 Å². The molecule has 26 heavy (non-hydrogen) atoms. The molecular weight excluding hydrogens is 333 g/mol. The first-order valence-corrected chi connectivity index (χ1v) is 9.77. The highest BCUT2D eigenvalue weighted by Gasteiger charge is 2.56. The monoisotopic (exact) mass is 365 g/mol. The quantitative estimate of drug-likeness (QED) is 0.753. The van der Waals surface area contributed by atoms with Gasteiger partial charge >= 0.3 is 7.12 Å². The third kappa shape index (κ3) is 3.27. The maximum Gasteiger partial charge on any atom is 0.482 e. The highest BCUT2D eigenvalue weighted by Crippen LogP contribution is 2.40. The van der Waals surface area contributed by atoms with Crippen LogP contribution in [0.5, 0.6) is 0 Å². The van der Waals surface area contributed by atoms with E-state index in [2.05, 4.69) is 0 Å². The molecule has 0 aromatic rings. The van der Waals surface area contributed by atoms with E-state index in [9.17, 15) is 9.59 Å². The van der Waals surface area contributed by atoms with Crippen molar-refractivity contribution in [2.75, 3.05) is 13.1 Å². The Morgan fingerprint density at radius 1 is 1.04 bits per heavy atom. The fourth-order valence-electron chi connectivity index (χ4n) is 4.13. The van der Waals surface area contributed by atoms with Crippen molar-refractivity contribution in [3.63, 3.8) is 0 Å². The van der Waals surface area contributed by atoms with E-state index in [0.717, 1.165) is 19.3 Å². The van der Waals surface area contributed by atoms with E-state index in [-0.39, 0.29) is 17.8 Å². The number of nitrogens with zero attached hydrogens (tertiary/aromatic N) is 2. The fraction of sp³-hybridized carbons (Fsp3) is 0.889. The Bertz CT molecular complexity index is 565. The third-order valence-electron chi connectivity index (χ3n) is 6.38. The van der Waals surface area contributed by atoms with Crippen molar-refractivity contribution in [3.8, 4) is 0 Å². The van der Waals surface area contributed by atoms with Crippen LogP contribution in [-0.2, 0) is 18.9 Å². The number of likely N-dealkylation sites (tertiary alicyclic amines) is 2. The lowest BCUT2D eigenvalue weighted by molar-refractivity contribution is -0.144. The van der Waals surface area contributed by atoms with Crippen molar-refractivity contribution in [3.05, 3.63) is 0 Å². The summed E-state index contributed by atoms with van der Waals surface area (Å²) in [6, 6.07) is -0.989. The standard InChI is InChI=1S/C18H32BN3O4/c1-12(20)15(23)21-10-6-8-13(21)16(24)22-11-7-9-14(22)19-25-17(2,3)18(4,5)26-19/h12-14H,6-11,20H2,1-5H3/t12-,13-,14-/m0/s1. The molecule has 3 atom stereocenters. The van der Waals surface area contributed by atoms with Crippen LogP contribution in [0.3, 0.4) is 0 Å². The van der Waals surface area contributed by atoms with Gasteiger partial charge < -0.3 is 24.8 Å². The summed E-state index contributed by atoms with van der Waals surface area (Å²) >= 11 is 0. The van der Waals surface area contributed by atoms with Crippen LogP contribution in [0, 0.1) is 0 Å². The van der Waals surface area contributed by atoms with Gasteiger partial charge in [0.1, 0.15) is 6.04 Å². The summed E-state index contributed by atoms with van der Waals surface area (Å²) in [4.78, 5) is 29.2. The van der Waals surface area contributed by atoms with Crippen LogP contribution >= 0.6 is 0 Å². The lowest BCUT2D eigenvalue weighted by Gasteiger charge is -2.32. The van der Waals surface area contributed by atoms with Gasteiger partial charge in [0.25, 0.3) is 0 Å². The second-order valence-electron chi connectivity index (χ2n) is 8.84. The molecule has 0 unspecified atom stereocenters. The van der Waals surface area contributed by atoms with Crippen molar-refractivity contribution in [2.24, 2.45) is 5.73 Å². The summed E-state index contributed by atoms with van der Waals surface area (Å²) < 4.78 is 12.4.